The van der Waals surface area contributed by atoms with Crippen LogP contribution in [0.4, 0.5) is 5.69 Å². The Hall–Kier alpha value is -0.760. The molecule has 4 aliphatic carbocycles. The van der Waals surface area contributed by atoms with Crippen molar-refractivity contribution in [1.29, 1.82) is 0 Å². The van der Waals surface area contributed by atoms with Gasteiger partial charge >= 0.3 is 0 Å². The molecule has 0 spiro atoms. The van der Waals surface area contributed by atoms with Crippen LogP contribution in [0.25, 0.3) is 0 Å². The van der Waals surface area contributed by atoms with Gasteiger partial charge in [0.1, 0.15) is 0 Å². The average molecular weight is 263 g/mol. The Kier molecular flexibility index (Phi) is 2.24. The van der Waals surface area contributed by atoms with Crippen molar-refractivity contribution in [3.05, 3.63) is 23.0 Å². The lowest BCUT2D eigenvalue weighted by Gasteiger charge is -2.57. The Labute approximate surface area is 113 Å². The second kappa shape index (κ2) is 3.63. The van der Waals surface area contributed by atoms with E-state index in [9.17, 15) is 0 Å². The fraction of sp³-hybridized carbons (Fsp3) is 0.667. The largest absolute Gasteiger partial charge is 0.396 e. The van der Waals surface area contributed by atoms with Crippen molar-refractivity contribution in [3.63, 3.8) is 0 Å². The second-order valence-electron chi connectivity index (χ2n) is 6.80. The Morgan fingerprint density at radius 1 is 1.11 bits per heavy atom. The number of anilines is 1. The van der Waals surface area contributed by atoms with Crippen LogP contribution < -0.4 is 5.73 Å². The molecule has 0 aromatic carbocycles. The summed E-state index contributed by atoms with van der Waals surface area (Å²) in [6, 6.07) is 2.09. The summed E-state index contributed by atoms with van der Waals surface area (Å²) in [4.78, 5) is 4.28. The minimum absolute atomic E-state index is 0.375. The summed E-state index contributed by atoms with van der Waals surface area (Å²) in [6.45, 7) is 0. The maximum atomic E-state index is 5.95. The Balaban J connectivity index is 1.76. The van der Waals surface area contributed by atoms with E-state index >= 15 is 0 Å². The molecule has 18 heavy (non-hydrogen) atoms. The van der Waals surface area contributed by atoms with Crippen LogP contribution in [0.2, 0.25) is 5.15 Å². The number of rotatable bonds is 1. The van der Waals surface area contributed by atoms with Gasteiger partial charge in [0, 0.05) is 6.20 Å². The minimum atomic E-state index is 0.375. The van der Waals surface area contributed by atoms with Crippen molar-refractivity contribution in [2.24, 2.45) is 17.8 Å². The predicted molar refractivity (Wildman–Crippen MR) is 73.5 cm³/mol. The number of aromatic nitrogens is 1. The molecule has 4 bridgehead atoms. The van der Waals surface area contributed by atoms with E-state index in [-0.39, 0.29) is 0 Å². The number of pyridine rings is 1. The van der Waals surface area contributed by atoms with E-state index in [2.05, 4.69) is 11.1 Å². The maximum absolute atomic E-state index is 5.95. The van der Waals surface area contributed by atoms with Crippen LogP contribution >= 0.6 is 11.6 Å². The topological polar surface area (TPSA) is 38.9 Å². The van der Waals surface area contributed by atoms with E-state index in [1.54, 1.807) is 0 Å². The van der Waals surface area contributed by atoms with E-state index in [4.69, 9.17) is 17.3 Å². The van der Waals surface area contributed by atoms with Gasteiger partial charge in [0.15, 0.2) is 5.15 Å². The SMILES string of the molecule is Nc1cc(C23CC4CC(CC(C4)C2)C3)cnc1Cl. The molecule has 0 amide bonds. The third-order valence-corrected chi connectivity index (χ3v) is 5.83. The van der Waals surface area contributed by atoms with E-state index in [0.717, 1.165) is 17.8 Å². The van der Waals surface area contributed by atoms with Gasteiger partial charge in [0.25, 0.3) is 0 Å². The van der Waals surface area contributed by atoms with Gasteiger partial charge < -0.3 is 5.73 Å². The molecule has 1 aromatic heterocycles. The van der Waals surface area contributed by atoms with Gasteiger partial charge in [-0.15, -0.1) is 0 Å². The van der Waals surface area contributed by atoms with Crippen LogP contribution in [-0.4, -0.2) is 4.98 Å². The Bertz CT molecular complexity index is 462. The highest BCUT2D eigenvalue weighted by Gasteiger charge is 2.51. The molecule has 5 rings (SSSR count). The molecule has 1 heterocycles. The summed E-state index contributed by atoms with van der Waals surface area (Å²) in [5.74, 6) is 2.86. The lowest BCUT2D eigenvalue weighted by molar-refractivity contribution is -0.00530. The smallest absolute Gasteiger partial charge is 0.151 e. The molecular formula is C15H19ClN2. The molecule has 1 aromatic rings. The minimum Gasteiger partial charge on any atom is -0.396 e. The highest BCUT2D eigenvalue weighted by atomic mass is 35.5. The van der Waals surface area contributed by atoms with Crippen LogP contribution in [0.15, 0.2) is 12.3 Å². The summed E-state index contributed by atoms with van der Waals surface area (Å²) < 4.78 is 0. The first-order chi connectivity index (χ1) is 8.64. The normalized spacial score (nSPS) is 41.3. The van der Waals surface area contributed by atoms with Crippen LogP contribution in [0, 0.1) is 17.8 Å². The number of nitrogen functional groups attached to an aromatic ring is 1. The average Bonchev–Trinajstić information content (AvgIpc) is 2.31. The first-order valence-corrected chi connectivity index (χ1v) is 7.44. The second-order valence-corrected chi connectivity index (χ2v) is 7.16. The zero-order chi connectivity index (χ0) is 12.3. The summed E-state index contributed by atoms with van der Waals surface area (Å²) in [6.07, 6.45) is 10.4. The summed E-state index contributed by atoms with van der Waals surface area (Å²) in [5, 5.41) is 0.448. The zero-order valence-electron chi connectivity index (χ0n) is 10.5. The van der Waals surface area contributed by atoms with E-state index in [1.165, 1.54) is 44.1 Å². The predicted octanol–water partition coefficient (Wildman–Crippen LogP) is 3.79. The van der Waals surface area contributed by atoms with Gasteiger partial charge in [-0.25, -0.2) is 4.98 Å². The van der Waals surface area contributed by atoms with Gasteiger partial charge in [-0.1, -0.05) is 11.6 Å². The molecule has 4 saturated carbocycles. The lowest BCUT2D eigenvalue weighted by atomic mass is 9.48. The molecule has 2 N–H and O–H groups in total. The number of hydrogen-bond donors (Lipinski definition) is 1. The molecule has 2 nitrogen and oxygen atoms in total. The van der Waals surface area contributed by atoms with Crippen molar-refractivity contribution in [2.45, 2.75) is 43.9 Å². The van der Waals surface area contributed by atoms with Crippen molar-refractivity contribution < 1.29 is 0 Å². The van der Waals surface area contributed by atoms with Gasteiger partial charge in [-0.05, 0) is 73.3 Å². The number of nitrogens with zero attached hydrogens (tertiary/aromatic N) is 1. The zero-order valence-corrected chi connectivity index (χ0v) is 11.3. The Morgan fingerprint density at radius 2 is 1.67 bits per heavy atom. The lowest BCUT2D eigenvalue weighted by Crippen LogP contribution is -2.48. The molecule has 0 radical (unpaired) electrons. The van der Waals surface area contributed by atoms with Crippen LogP contribution in [0.1, 0.15) is 44.1 Å². The Morgan fingerprint density at radius 3 is 2.17 bits per heavy atom. The van der Waals surface area contributed by atoms with Crippen molar-refractivity contribution in [1.82, 2.24) is 4.98 Å². The number of nitrogens with two attached hydrogens (primary N) is 1. The third-order valence-electron chi connectivity index (χ3n) is 5.52. The standard InChI is InChI=1S/C15H19ClN2/c16-14-13(17)4-12(8-18-14)15-5-9-1-10(6-15)3-11(2-9)7-15/h4,8-11H,1-3,5-7,17H2. The summed E-state index contributed by atoms with van der Waals surface area (Å²) in [7, 11) is 0. The highest BCUT2D eigenvalue weighted by Crippen LogP contribution is 2.60. The molecule has 0 atom stereocenters. The molecule has 3 heteroatoms. The van der Waals surface area contributed by atoms with Gasteiger partial charge in [-0.2, -0.15) is 0 Å². The van der Waals surface area contributed by atoms with Crippen LogP contribution in [0.3, 0.4) is 0 Å². The third kappa shape index (κ3) is 1.51. The summed E-state index contributed by atoms with van der Waals surface area (Å²) in [5.41, 5.74) is 8.31. The molecule has 0 unspecified atom stereocenters. The van der Waals surface area contributed by atoms with E-state index in [0.29, 0.717) is 16.3 Å². The first kappa shape index (κ1) is 11.1. The highest BCUT2D eigenvalue weighted by molar-refractivity contribution is 6.31. The fourth-order valence-corrected chi connectivity index (χ4v) is 5.32. The molecular weight excluding hydrogens is 244 g/mol. The maximum Gasteiger partial charge on any atom is 0.151 e. The van der Waals surface area contributed by atoms with Crippen LogP contribution in [0.5, 0.6) is 0 Å². The van der Waals surface area contributed by atoms with Gasteiger partial charge in [-0.3, -0.25) is 0 Å². The van der Waals surface area contributed by atoms with E-state index < -0.39 is 0 Å². The number of halogens is 1. The summed E-state index contributed by atoms with van der Waals surface area (Å²) >= 11 is 5.95. The van der Waals surface area contributed by atoms with Crippen LogP contribution in [-0.2, 0) is 5.41 Å². The first-order valence-electron chi connectivity index (χ1n) is 7.06. The van der Waals surface area contributed by atoms with Crippen molar-refractivity contribution in [2.75, 3.05) is 5.73 Å². The van der Waals surface area contributed by atoms with Gasteiger partial charge in [0.2, 0.25) is 0 Å². The molecule has 0 aliphatic heterocycles. The number of hydrogen-bond acceptors (Lipinski definition) is 2. The van der Waals surface area contributed by atoms with Gasteiger partial charge in [0.05, 0.1) is 5.69 Å². The fourth-order valence-electron chi connectivity index (χ4n) is 5.22. The van der Waals surface area contributed by atoms with Crippen molar-refractivity contribution >= 4 is 17.3 Å². The molecule has 0 saturated heterocycles. The quantitative estimate of drug-likeness (QED) is 0.782. The van der Waals surface area contributed by atoms with Crippen molar-refractivity contribution in [3.8, 4) is 0 Å². The molecule has 4 fully saturated rings. The van der Waals surface area contributed by atoms with E-state index in [1.807, 2.05) is 6.20 Å². The monoisotopic (exact) mass is 262 g/mol. The molecule has 96 valence electrons. The molecule has 4 aliphatic rings.